The van der Waals surface area contributed by atoms with Gasteiger partial charge in [0.25, 0.3) is 5.91 Å². The van der Waals surface area contributed by atoms with Crippen molar-refractivity contribution in [3.05, 3.63) is 35.9 Å². The Morgan fingerprint density at radius 3 is 2.67 bits per heavy atom. The number of nitrogens with zero attached hydrogens (tertiary/aromatic N) is 1. The van der Waals surface area contributed by atoms with E-state index in [0.717, 1.165) is 19.4 Å². The van der Waals surface area contributed by atoms with Crippen molar-refractivity contribution in [2.45, 2.75) is 19.3 Å². The van der Waals surface area contributed by atoms with E-state index in [9.17, 15) is 9.59 Å². The molecule has 1 aliphatic heterocycles. The fourth-order valence-corrected chi connectivity index (χ4v) is 2.43. The molecular weight excluding hydrogens is 230 g/mol. The zero-order valence-electron chi connectivity index (χ0n) is 10.2. The molecule has 4 nitrogen and oxygen atoms in total. The minimum absolute atomic E-state index is 0.00527. The lowest BCUT2D eigenvalue weighted by Gasteiger charge is -2.32. The molecule has 0 radical (unpaired) electrons. The summed E-state index contributed by atoms with van der Waals surface area (Å²) in [5.74, 6) is -0.691. The van der Waals surface area contributed by atoms with Crippen LogP contribution in [0, 0.1) is 5.92 Å². The molecule has 96 valence electrons. The molecule has 1 atom stereocenters. The highest BCUT2D eigenvalue weighted by molar-refractivity contribution is 5.94. The van der Waals surface area contributed by atoms with E-state index in [0.29, 0.717) is 12.1 Å². The van der Waals surface area contributed by atoms with Crippen molar-refractivity contribution in [1.29, 1.82) is 0 Å². The van der Waals surface area contributed by atoms with Gasteiger partial charge in [0.1, 0.15) is 0 Å². The van der Waals surface area contributed by atoms with E-state index in [-0.39, 0.29) is 18.2 Å². The zero-order chi connectivity index (χ0) is 13.0. The molecule has 0 spiro atoms. The normalized spacial score (nSPS) is 19.6. The van der Waals surface area contributed by atoms with Gasteiger partial charge in [0.2, 0.25) is 0 Å². The van der Waals surface area contributed by atoms with E-state index < -0.39 is 5.97 Å². The van der Waals surface area contributed by atoms with Crippen LogP contribution in [0.3, 0.4) is 0 Å². The van der Waals surface area contributed by atoms with Crippen molar-refractivity contribution in [1.82, 2.24) is 4.90 Å². The Balaban J connectivity index is 2.00. The van der Waals surface area contributed by atoms with Crippen molar-refractivity contribution in [2.75, 3.05) is 13.1 Å². The minimum Gasteiger partial charge on any atom is -0.481 e. The fraction of sp³-hybridized carbons (Fsp3) is 0.429. The third-order valence-corrected chi connectivity index (χ3v) is 3.29. The molecule has 1 aliphatic rings. The number of aliphatic carboxylic acids is 1. The first-order valence-electron chi connectivity index (χ1n) is 6.23. The number of hydrogen-bond acceptors (Lipinski definition) is 2. The Kier molecular flexibility index (Phi) is 3.97. The molecule has 1 aromatic rings. The monoisotopic (exact) mass is 247 g/mol. The van der Waals surface area contributed by atoms with Crippen molar-refractivity contribution in [3.8, 4) is 0 Å². The predicted molar refractivity (Wildman–Crippen MR) is 67.3 cm³/mol. The summed E-state index contributed by atoms with van der Waals surface area (Å²) >= 11 is 0. The number of likely N-dealkylation sites (tertiary alicyclic amines) is 1. The molecule has 2 rings (SSSR count). The SMILES string of the molecule is O=C(O)CC1CCCN(C(=O)c2ccccc2)C1. The first-order chi connectivity index (χ1) is 8.66. The van der Waals surface area contributed by atoms with E-state index >= 15 is 0 Å². The van der Waals surface area contributed by atoms with Crippen LogP contribution in [0.15, 0.2) is 30.3 Å². The van der Waals surface area contributed by atoms with Gasteiger partial charge < -0.3 is 10.0 Å². The summed E-state index contributed by atoms with van der Waals surface area (Å²) in [5.41, 5.74) is 0.675. The van der Waals surface area contributed by atoms with Crippen LogP contribution in [-0.2, 0) is 4.79 Å². The highest BCUT2D eigenvalue weighted by atomic mass is 16.4. The number of carbonyl (C=O) groups is 2. The Morgan fingerprint density at radius 2 is 2.00 bits per heavy atom. The number of carbonyl (C=O) groups excluding carboxylic acids is 1. The molecule has 18 heavy (non-hydrogen) atoms. The van der Waals surface area contributed by atoms with Gasteiger partial charge in [0.05, 0.1) is 0 Å². The Morgan fingerprint density at radius 1 is 1.28 bits per heavy atom. The number of carboxylic acids is 1. The maximum atomic E-state index is 12.2. The van der Waals surface area contributed by atoms with Crippen LogP contribution < -0.4 is 0 Å². The first-order valence-corrected chi connectivity index (χ1v) is 6.23. The van der Waals surface area contributed by atoms with Gasteiger partial charge in [-0.15, -0.1) is 0 Å². The number of piperidine rings is 1. The first kappa shape index (κ1) is 12.6. The smallest absolute Gasteiger partial charge is 0.303 e. The second-order valence-corrected chi connectivity index (χ2v) is 4.72. The van der Waals surface area contributed by atoms with Crippen molar-refractivity contribution in [2.24, 2.45) is 5.92 Å². The van der Waals surface area contributed by atoms with Crippen LogP contribution in [-0.4, -0.2) is 35.0 Å². The van der Waals surface area contributed by atoms with Crippen LogP contribution >= 0.6 is 0 Å². The van der Waals surface area contributed by atoms with Gasteiger partial charge in [-0.25, -0.2) is 0 Å². The Hall–Kier alpha value is -1.84. The van der Waals surface area contributed by atoms with Crippen molar-refractivity contribution >= 4 is 11.9 Å². The van der Waals surface area contributed by atoms with Crippen LogP contribution in [0.2, 0.25) is 0 Å². The van der Waals surface area contributed by atoms with E-state index in [1.54, 1.807) is 17.0 Å². The van der Waals surface area contributed by atoms with Gasteiger partial charge in [-0.05, 0) is 30.9 Å². The number of rotatable bonds is 3. The highest BCUT2D eigenvalue weighted by Gasteiger charge is 2.25. The molecule has 0 aliphatic carbocycles. The van der Waals surface area contributed by atoms with E-state index in [2.05, 4.69) is 0 Å². The van der Waals surface area contributed by atoms with Gasteiger partial charge in [-0.1, -0.05) is 18.2 Å². The largest absolute Gasteiger partial charge is 0.481 e. The quantitative estimate of drug-likeness (QED) is 0.889. The molecule has 0 aromatic heterocycles. The average Bonchev–Trinajstić information content (AvgIpc) is 2.38. The van der Waals surface area contributed by atoms with Crippen LogP contribution in [0.5, 0.6) is 0 Å². The predicted octanol–water partition coefficient (Wildman–Crippen LogP) is 2.01. The molecule has 1 N–H and O–H groups in total. The molecular formula is C14H17NO3. The van der Waals surface area contributed by atoms with Gasteiger partial charge in [-0.3, -0.25) is 9.59 Å². The molecule has 0 bridgehead atoms. The van der Waals surface area contributed by atoms with Crippen molar-refractivity contribution in [3.63, 3.8) is 0 Å². The highest BCUT2D eigenvalue weighted by Crippen LogP contribution is 2.21. The minimum atomic E-state index is -0.783. The topological polar surface area (TPSA) is 57.6 Å². The summed E-state index contributed by atoms with van der Waals surface area (Å²) in [4.78, 5) is 24.7. The van der Waals surface area contributed by atoms with E-state index in [1.165, 1.54) is 0 Å². The molecule has 1 heterocycles. The lowest BCUT2D eigenvalue weighted by atomic mass is 9.94. The Bertz CT molecular complexity index is 430. The maximum absolute atomic E-state index is 12.2. The second kappa shape index (κ2) is 5.67. The number of amides is 1. The molecule has 1 amide bonds. The fourth-order valence-electron chi connectivity index (χ4n) is 2.43. The standard InChI is InChI=1S/C14H17NO3/c16-13(17)9-11-5-4-8-15(10-11)14(18)12-6-2-1-3-7-12/h1-3,6-7,11H,4-5,8-10H2,(H,16,17). The van der Waals surface area contributed by atoms with Gasteiger partial charge >= 0.3 is 5.97 Å². The molecule has 1 fully saturated rings. The van der Waals surface area contributed by atoms with Crippen LogP contribution in [0.1, 0.15) is 29.6 Å². The number of hydrogen-bond donors (Lipinski definition) is 1. The third-order valence-electron chi connectivity index (χ3n) is 3.29. The lowest BCUT2D eigenvalue weighted by Crippen LogP contribution is -2.40. The average molecular weight is 247 g/mol. The van der Waals surface area contributed by atoms with E-state index in [1.807, 2.05) is 18.2 Å². The van der Waals surface area contributed by atoms with Gasteiger partial charge in [-0.2, -0.15) is 0 Å². The summed E-state index contributed by atoms with van der Waals surface area (Å²) < 4.78 is 0. The summed E-state index contributed by atoms with van der Waals surface area (Å²) in [6, 6.07) is 9.14. The Labute approximate surface area is 106 Å². The molecule has 0 saturated carbocycles. The number of carboxylic acid groups (broad SMARTS) is 1. The summed E-state index contributed by atoms with van der Waals surface area (Å²) in [5, 5.41) is 8.80. The zero-order valence-corrected chi connectivity index (χ0v) is 10.2. The molecule has 1 unspecified atom stereocenters. The molecule has 1 saturated heterocycles. The second-order valence-electron chi connectivity index (χ2n) is 4.72. The van der Waals surface area contributed by atoms with Gasteiger partial charge in [0.15, 0.2) is 0 Å². The summed E-state index contributed by atoms with van der Waals surface area (Å²) in [7, 11) is 0. The maximum Gasteiger partial charge on any atom is 0.303 e. The molecule has 1 aromatic carbocycles. The summed E-state index contributed by atoms with van der Waals surface area (Å²) in [6.45, 7) is 1.28. The number of benzene rings is 1. The third kappa shape index (κ3) is 3.09. The summed E-state index contributed by atoms with van der Waals surface area (Å²) in [6.07, 6.45) is 1.93. The van der Waals surface area contributed by atoms with E-state index in [4.69, 9.17) is 5.11 Å². The lowest BCUT2D eigenvalue weighted by molar-refractivity contribution is -0.138. The van der Waals surface area contributed by atoms with Gasteiger partial charge in [0, 0.05) is 25.1 Å². The van der Waals surface area contributed by atoms with Crippen LogP contribution in [0.4, 0.5) is 0 Å². The molecule has 4 heteroatoms. The van der Waals surface area contributed by atoms with Crippen molar-refractivity contribution < 1.29 is 14.7 Å². The van der Waals surface area contributed by atoms with Crippen LogP contribution in [0.25, 0.3) is 0 Å².